The van der Waals surface area contributed by atoms with Crippen molar-refractivity contribution in [3.63, 3.8) is 0 Å². The summed E-state index contributed by atoms with van der Waals surface area (Å²) in [4.78, 5) is 2.38. The van der Waals surface area contributed by atoms with Gasteiger partial charge in [-0.15, -0.1) is 0 Å². The molecule has 1 aliphatic rings. The summed E-state index contributed by atoms with van der Waals surface area (Å²) in [5.41, 5.74) is 5.03. The zero-order chi connectivity index (χ0) is 10.1. The van der Waals surface area contributed by atoms with Crippen molar-refractivity contribution in [1.29, 1.82) is 0 Å². The van der Waals surface area contributed by atoms with Crippen molar-refractivity contribution in [2.24, 2.45) is 5.73 Å². The average molecular weight is 187 g/mol. The van der Waals surface area contributed by atoms with Crippen LogP contribution in [0, 0.1) is 0 Å². The molecule has 0 saturated carbocycles. The summed E-state index contributed by atoms with van der Waals surface area (Å²) in [5.74, 6) is 0. The molecule has 1 fully saturated rings. The van der Waals surface area contributed by atoms with Gasteiger partial charge in [0.05, 0.1) is 0 Å². The Bertz CT molecular complexity index is 104. The van der Waals surface area contributed by atoms with Gasteiger partial charge in [-0.3, -0.25) is 0 Å². The number of piperidine rings is 1. The highest BCUT2D eigenvalue weighted by atomic mass is 15.1. The summed E-state index contributed by atoms with van der Waals surface area (Å²) in [7, 11) is 4.23. The molecule has 0 aromatic heterocycles. The molecule has 1 aliphatic heterocycles. The molecule has 1 atom stereocenters. The molecule has 1 heterocycles. The highest BCUT2D eigenvalue weighted by Gasteiger charge is 2.13. The van der Waals surface area contributed by atoms with Crippen molar-refractivity contribution < 1.29 is 0 Å². The van der Waals surface area contributed by atoms with E-state index in [-0.39, 0.29) is 0 Å². The van der Waals surface area contributed by atoms with Crippen LogP contribution in [0.25, 0.3) is 0 Å². The third-order valence-corrected chi connectivity index (χ3v) is 2.32. The van der Waals surface area contributed by atoms with Gasteiger partial charge >= 0.3 is 0 Å². The van der Waals surface area contributed by atoms with Crippen LogP contribution >= 0.6 is 0 Å². The SMILES string of the molecule is CCCN.CNC1CCCN(C)C1. The Kier molecular flexibility index (Phi) is 8.40. The Morgan fingerprint density at radius 1 is 1.54 bits per heavy atom. The quantitative estimate of drug-likeness (QED) is 0.667. The minimum atomic E-state index is 0.740. The van der Waals surface area contributed by atoms with E-state index >= 15 is 0 Å². The molecule has 0 aromatic carbocycles. The zero-order valence-electron chi connectivity index (χ0n) is 9.34. The van der Waals surface area contributed by atoms with Gasteiger partial charge in [-0.1, -0.05) is 6.92 Å². The van der Waals surface area contributed by atoms with Gasteiger partial charge in [0.15, 0.2) is 0 Å². The van der Waals surface area contributed by atoms with Crippen LogP contribution in [0.15, 0.2) is 0 Å². The molecule has 0 aliphatic carbocycles. The van der Waals surface area contributed by atoms with Gasteiger partial charge < -0.3 is 16.0 Å². The molecule has 1 rings (SSSR count). The average Bonchev–Trinajstić information content (AvgIpc) is 2.18. The van der Waals surface area contributed by atoms with Crippen LogP contribution in [0.5, 0.6) is 0 Å². The molecule has 3 nitrogen and oxygen atoms in total. The second kappa shape index (κ2) is 8.48. The van der Waals surface area contributed by atoms with Gasteiger partial charge in [-0.05, 0) is 46.4 Å². The molecule has 80 valence electrons. The molecule has 13 heavy (non-hydrogen) atoms. The molecule has 0 amide bonds. The first-order chi connectivity index (χ1) is 6.24. The molecule has 1 unspecified atom stereocenters. The van der Waals surface area contributed by atoms with Crippen LogP contribution in [-0.4, -0.2) is 44.7 Å². The number of nitrogens with two attached hydrogens (primary N) is 1. The monoisotopic (exact) mass is 187 g/mol. The van der Waals surface area contributed by atoms with Crippen LogP contribution in [0.3, 0.4) is 0 Å². The fourth-order valence-electron chi connectivity index (χ4n) is 1.40. The number of likely N-dealkylation sites (N-methyl/N-ethyl adjacent to an activating group) is 2. The van der Waals surface area contributed by atoms with Gasteiger partial charge in [-0.2, -0.15) is 0 Å². The van der Waals surface area contributed by atoms with Crippen molar-refractivity contribution >= 4 is 0 Å². The highest BCUT2D eigenvalue weighted by Crippen LogP contribution is 2.06. The lowest BCUT2D eigenvalue weighted by molar-refractivity contribution is 0.234. The summed E-state index contributed by atoms with van der Waals surface area (Å²) in [6, 6.07) is 0.740. The largest absolute Gasteiger partial charge is 0.330 e. The molecular formula is C10H25N3. The Morgan fingerprint density at radius 3 is 2.46 bits per heavy atom. The lowest BCUT2D eigenvalue weighted by Crippen LogP contribution is -2.42. The van der Waals surface area contributed by atoms with Crippen LogP contribution in [0.4, 0.5) is 0 Å². The van der Waals surface area contributed by atoms with Crippen LogP contribution < -0.4 is 11.1 Å². The lowest BCUT2D eigenvalue weighted by Gasteiger charge is -2.29. The molecule has 0 bridgehead atoms. The number of likely N-dealkylation sites (tertiary alicyclic amines) is 1. The first-order valence-electron chi connectivity index (χ1n) is 5.30. The minimum absolute atomic E-state index is 0.740. The van der Waals surface area contributed by atoms with Gasteiger partial charge in [0, 0.05) is 12.6 Å². The molecule has 3 heteroatoms. The predicted molar refractivity (Wildman–Crippen MR) is 58.9 cm³/mol. The van der Waals surface area contributed by atoms with E-state index < -0.39 is 0 Å². The van der Waals surface area contributed by atoms with E-state index in [0.717, 1.165) is 19.0 Å². The van der Waals surface area contributed by atoms with Crippen LogP contribution in [0.1, 0.15) is 26.2 Å². The number of nitrogens with one attached hydrogen (secondary N) is 1. The molecular weight excluding hydrogens is 162 g/mol. The van der Waals surface area contributed by atoms with E-state index in [1.165, 1.54) is 25.9 Å². The van der Waals surface area contributed by atoms with E-state index in [4.69, 9.17) is 5.73 Å². The lowest BCUT2D eigenvalue weighted by atomic mass is 10.1. The van der Waals surface area contributed by atoms with Gasteiger partial charge in [0.2, 0.25) is 0 Å². The second-order valence-electron chi connectivity index (χ2n) is 3.68. The summed E-state index contributed by atoms with van der Waals surface area (Å²) >= 11 is 0. The van der Waals surface area contributed by atoms with E-state index in [1.54, 1.807) is 0 Å². The minimum Gasteiger partial charge on any atom is -0.330 e. The predicted octanol–water partition coefficient (Wildman–Crippen LogP) is 0.655. The fourth-order valence-corrected chi connectivity index (χ4v) is 1.40. The van der Waals surface area contributed by atoms with Crippen molar-refractivity contribution in [3.05, 3.63) is 0 Å². The van der Waals surface area contributed by atoms with Gasteiger partial charge in [0.25, 0.3) is 0 Å². The Hall–Kier alpha value is -0.120. The number of hydrogen-bond donors (Lipinski definition) is 2. The topological polar surface area (TPSA) is 41.3 Å². The summed E-state index contributed by atoms with van der Waals surface area (Å²) in [6.45, 7) is 5.37. The highest BCUT2D eigenvalue weighted by molar-refractivity contribution is 4.74. The van der Waals surface area contributed by atoms with E-state index in [0.29, 0.717) is 0 Å². The number of hydrogen-bond acceptors (Lipinski definition) is 3. The van der Waals surface area contributed by atoms with Crippen molar-refractivity contribution in [2.45, 2.75) is 32.2 Å². The molecule has 0 radical (unpaired) electrons. The maximum absolute atomic E-state index is 5.03. The molecule has 0 spiro atoms. The fraction of sp³-hybridized carbons (Fsp3) is 1.00. The molecule has 3 N–H and O–H groups in total. The van der Waals surface area contributed by atoms with Crippen molar-refractivity contribution in [3.8, 4) is 0 Å². The second-order valence-corrected chi connectivity index (χ2v) is 3.68. The maximum atomic E-state index is 5.03. The van der Waals surface area contributed by atoms with E-state index in [9.17, 15) is 0 Å². The van der Waals surface area contributed by atoms with E-state index in [2.05, 4.69) is 24.2 Å². The maximum Gasteiger partial charge on any atom is 0.0192 e. The Morgan fingerprint density at radius 2 is 2.15 bits per heavy atom. The van der Waals surface area contributed by atoms with Gasteiger partial charge in [0.1, 0.15) is 0 Å². The van der Waals surface area contributed by atoms with Gasteiger partial charge in [-0.25, -0.2) is 0 Å². The van der Waals surface area contributed by atoms with Crippen LogP contribution in [0.2, 0.25) is 0 Å². The van der Waals surface area contributed by atoms with E-state index in [1.807, 2.05) is 7.05 Å². The van der Waals surface area contributed by atoms with Crippen LogP contribution in [-0.2, 0) is 0 Å². The smallest absolute Gasteiger partial charge is 0.0192 e. The Balaban J connectivity index is 0.000000310. The summed E-state index contributed by atoms with van der Waals surface area (Å²) in [6.07, 6.45) is 3.79. The third kappa shape index (κ3) is 6.99. The van der Waals surface area contributed by atoms with Crippen molar-refractivity contribution in [2.75, 3.05) is 33.7 Å². The third-order valence-electron chi connectivity index (χ3n) is 2.32. The zero-order valence-corrected chi connectivity index (χ0v) is 9.34. The summed E-state index contributed by atoms with van der Waals surface area (Å²) < 4.78 is 0. The van der Waals surface area contributed by atoms with Crippen molar-refractivity contribution in [1.82, 2.24) is 10.2 Å². The number of rotatable bonds is 2. The first-order valence-corrected chi connectivity index (χ1v) is 5.30. The summed E-state index contributed by atoms with van der Waals surface area (Å²) in [5, 5.41) is 3.29. The molecule has 1 saturated heterocycles. The number of nitrogens with zero attached hydrogens (tertiary/aromatic N) is 1. The standard InChI is InChI=1S/C7H16N2.C3H9N/c1-8-7-4-3-5-9(2)6-7;1-2-3-4/h7-8H,3-6H2,1-2H3;2-4H2,1H3. The molecule has 0 aromatic rings. The normalized spacial score (nSPS) is 23.5. The first kappa shape index (κ1) is 12.9. The Labute approximate surface area is 82.7 Å².